The van der Waals surface area contributed by atoms with Crippen molar-refractivity contribution in [2.45, 2.75) is 32.0 Å². The number of nitrogens with zero attached hydrogens (tertiary/aromatic N) is 1. The monoisotopic (exact) mass is 538 g/mol. The number of carbonyl (C=O) groups excluding carboxylic acids is 2. The van der Waals surface area contributed by atoms with Crippen LogP contribution < -0.4 is 20.9 Å². The van der Waals surface area contributed by atoms with Crippen LogP contribution >= 0.6 is 15.9 Å². The fraction of sp³-hybridized carbons (Fsp3) is 0.417. The van der Waals surface area contributed by atoms with E-state index in [1.807, 2.05) is 47.4 Å². The highest BCUT2D eigenvalue weighted by molar-refractivity contribution is 9.10. The third-order valence-corrected chi connectivity index (χ3v) is 6.94. The molecule has 2 aliphatic heterocycles. The molecule has 0 saturated carbocycles. The van der Waals surface area contributed by atoms with Gasteiger partial charge in [-0.3, -0.25) is 9.59 Å². The Morgan fingerprint density at radius 1 is 1.09 bits per heavy atom. The first-order valence-corrected chi connectivity index (χ1v) is 12.0. The predicted octanol–water partition coefficient (Wildman–Crippen LogP) is 4.72. The standard InChI is InChI=1S/C24H26BrF3N4O2/c25-20-12-19(5-6-21(20)32-9-7-17(8-10-32)24(26,27)28)31-18-3-1-15(2-4-18)13-30-23(34)16-11-22(33)29-14-16/h1-6,12,16-17,31H,7-11,13-14H2,(H,29,33)(H,30,34). The van der Waals surface area contributed by atoms with E-state index in [-0.39, 0.29) is 37.0 Å². The van der Waals surface area contributed by atoms with Crippen molar-refractivity contribution in [3.05, 3.63) is 52.5 Å². The van der Waals surface area contributed by atoms with Gasteiger partial charge in [0.25, 0.3) is 0 Å². The number of benzene rings is 2. The molecular weight excluding hydrogens is 513 g/mol. The molecule has 34 heavy (non-hydrogen) atoms. The van der Waals surface area contributed by atoms with E-state index in [9.17, 15) is 22.8 Å². The molecule has 3 N–H and O–H groups in total. The molecule has 0 spiro atoms. The van der Waals surface area contributed by atoms with Crippen LogP contribution in [0.5, 0.6) is 0 Å². The molecule has 2 aliphatic rings. The largest absolute Gasteiger partial charge is 0.391 e. The zero-order valence-corrected chi connectivity index (χ0v) is 20.0. The second kappa shape index (κ2) is 10.2. The summed E-state index contributed by atoms with van der Waals surface area (Å²) in [5.74, 6) is -1.76. The Morgan fingerprint density at radius 3 is 2.35 bits per heavy atom. The lowest BCUT2D eigenvalue weighted by Crippen LogP contribution is -2.39. The molecule has 182 valence electrons. The van der Waals surface area contributed by atoms with Crippen LogP contribution in [0.4, 0.5) is 30.2 Å². The number of anilines is 3. The summed E-state index contributed by atoms with van der Waals surface area (Å²) in [5, 5.41) is 8.83. The Balaban J connectivity index is 1.29. The lowest BCUT2D eigenvalue weighted by Gasteiger charge is -2.35. The molecule has 2 heterocycles. The van der Waals surface area contributed by atoms with Gasteiger partial charge in [0.05, 0.1) is 17.5 Å². The van der Waals surface area contributed by atoms with E-state index >= 15 is 0 Å². The van der Waals surface area contributed by atoms with E-state index in [1.54, 1.807) is 0 Å². The molecule has 2 amide bonds. The molecule has 2 aromatic carbocycles. The first-order chi connectivity index (χ1) is 16.2. The van der Waals surface area contributed by atoms with Gasteiger partial charge in [-0.05, 0) is 64.7 Å². The third-order valence-electron chi connectivity index (χ3n) is 6.30. The number of piperidine rings is 1. The van der Waals surface area contributed by atoms with Gasteiger partial charge in [0.2, 0.25) is 11.8 Å². The summed E-state index contributed by atoms with van der Waals surface area (Å²) < 4.78 is 39.6. The van der Waals surface area contributed by atoms with Gasteiger partial charge in [-0.1, -0.05) is 12.1 Å². The van der Waals surface area contributed by atoms with Gasteiger partial charge < -0.3 is 20.9 Å². The van der Waals surface area contributed by atoms with E-state index in [1.165, 1.54) is 0 Å². The van der Waals surface area contributed by atoms with Crippen molar-refractivity contribution in [1.29, 1.82) is 0 Å². The maximum absolute atomic E-state index is 12.9. The van der Waals surface area contributed by atoms with Gasteiger partial charge in [-0.15, -0.1) is 0 Å². The minimum absolute atomic E-state index is 0.0960. The second-order valence-corrected chi connectivity index (χ2v) is 9.57. The van der Waals surface area contributed by atoms with Crippen molar-refractivity contribution in [2.75, 3.05) is 29.9 Å². The van der Waals surface area contributed by atoms with Crippen LogP contribution in [0.3, 0.4) is 0 Å². The highest BCUT2D eigenvalue weighted by Gasteiger charge is 2.41. The first kappa shape index (κ1) is 24.4. The molecule has 2 fully saturated rings. The Kier molecular flexibility index (Phi) is 7.35. The first-order valence-electron chi connectivity index (χ1n) is 11.2. The summed E-state index contributed by atoms with van der Waals surface area (Å²) in [4.78, 5) is 25.4. The lowest BCUT2D eigenvalue weighted by molar-refractivity contribution is -0.179. The van der Waals surface area contributed by atoms with Crippen molar-refractivity contribution in [3.63, 3.8) is 0 Å². The minimum atomic E-state index is -4.12. The molecule has 2 saturated heterocycles. The highest BCUT2D eigenvalue weighted by atomic mass is 79.9. The fourth-order valence-corrected chi connectivity index (χ4v) is 4.92. The number of amides is 2. The van der Waals surface area contributed by atoms with Gasteiger partial charge in [0, 0.05) is 48.4 Å². The average Bonchev–Trinajstić information content (AvgIpc) is 3.24. The Morgan fingerprint density at radius 2 is 1.76 bits per heavy atom. The number of carbonyl (C=O) groups is 2. The highest BCUT2D eigenvalue weighted by Crippen LogP contribution is 2.38. The lowest BCUT2D eigenvalue weighted by atomic mass is 9.96. The predicted molar refractivity (Wildman–Crippen MR) is 128 cm³/mol. The van der Waals surface area contributed by atoms with Crippen LogP contribution in [0.1, 0.15) is 24.8 Å². The van der Waals surface area contributed by atoms with Crippen molar-refractivity contribution < 1.29 is 22.8 Å². The molecule has 2 aromatic rings. The average molecular weight is 539 g/mol. The smallest absolute Gasteiger partial charge is 0.371 e. The van der Waals surface area contributed by atoms with Crippen LogP contribution in [0.25, 0.3) is 0 Å². The number of rotatable bonds is 6. The summed E-state index contributed by atoms with van der Waals surface area (Å²) in [7, 11) is 0. The van der Waals surface area contributed by atoms with Gasteiger partial charge in [-0.25, -0.2) is 0 Å². The Labute approximate surface area is 204 Å². The van der Waals surface area contributed by atoms with E-state index in [0.29, 0.717) is 26.2 Å². The summed E-state index contributed by atoms with van der Waals surface area (Å²) in [6, 6.07) is 13.4. The molecule has 1 atom stereocenters. The summed E-state index contributed by atoms with van der Waals surface area (Å²) in [6.45, 7) is 1.52. The van der Waals surface area contributed by atoms with Gasteiger partial charge in [-0.2, -0.15) is 13.2 Å². The zero-order chi connectivity index (χ0) is 24.3. The molecular formula is C24H26BrF3N4O2. The Bertz CT molecular complexity index is 1040. The van der Waals surface area contributed by atoms with Crippen molar-refractivity contribution in [2.24, 2.45) is 11.8 Å². The zero-order valence-electron chi connectivity index (χ0n) is 18.4. The Hall–Kier alpha value is -2.75. The quantitative estimate of drug-likeness (QED) is 0.497. The SMILES string of the molecule is O=C1CC(C(=O)NCc2ccc(Nc3ccc(N4CCC(C(F)(F)F)CC4)c(Br)c3)cc2)CN1. The number of hydrogen-bond acceptors (Lipinski definition) is 4. The van der Waals surface area contributed by atoms with E-state index in [4.69, 9.17) is 0 Å². The van der Waals surface area contributed by atoms with Crippen LogP contribution in [0.15, 0.2) is 46.9 Å². The summed E-state index contributed by atoms with van der Waals surface area (Å²) in [5.41, 5.74) is 3.54. The number of halogens is 4. The molecule has 0 bridgehead atoms. The van der Waals surface area contributed by atoms with E-state index in [2.05, 4.69) is 31.9 Å². The molecule has 0 radical (unpaired) electrons. The van der Waals surface area contributed by atoms with Crippen LogP contribution in [-0.2, 0) is 16.1 Å². The molecule has 1 unspecified atom stereocenters. The fourth-order valence-electron chi connectivity index (χ4n) is 4.29. The van der Waals surface area contributed by atoms with E-state index < -0.39 is 12.1 Å². The van der Waals surface area contributed by atoms with Gasteiger partial charge >= 0.3 is 6.18 Å². The minimum Gasteiger partial charge on any atom is -0.371 e. The van der Waals surface area contributed by atoms with E-state index in [0.717, 1.165) is 27.1 Å². The van der Waals surface area contributed by atoms with Crippen molar-refractivity contribution in [3.8, 4) is 0 Å². The second-order valence-electron chi connectivity index (χ2n) is 8.71. The molecule has 6 nitrogen and oxygen atoms in total. The summed E-state index contributed by atoms with van der Waals surface area (Å²) in [6.07, 6.45) is -3.67. The third kappa shape index (κ3) is 6.02. The number of nitrogens with one attached hydrogen (secondary N) is 3. The number of hydrogen-bond donors (Lipinski definition) is 3. The molecule has 10 heteroatoms. The molecule has 0 aromatic heterocycles. The van der Waals surface area contributed by atoms with Crippen LogP contribution in [0.2, 0.25) is 0 Å². The van der Waals surface area contributed by atoms with Gasteiger partial charge in [0.1, 0.15) is 0 Å². The normalized spacial score (nSPS) is 19.1. The van der Waals surface area contributed by atoms with Crippen LogP contribution in [0, 0.1) is 11.8 Å². The summed E-state index contributed by atoms with van der Waals surface area (Å²) >= 11 is 3.56. The molecule has 0 aliphatic carbocycles. The number of alkyl halides is 3. The van der Waals surface area contributed by atoms with Gasteiger partial charge in [0.15, 0.2) is 0 Å². The maximum Gasteiger partial charge on any atom is 0.391 e. The van der Waals surface area contributed by atoms with Crippen molar-refractivity contribution >= 4 is 44.8 Å². The van der Waals surface area contributed by atoms with Crippen LogP contribution in [-0.4, -0.2) is 37.6 Å². The van der Waals surface area contributed by atoms with Crippen molar-refractivity contribution in [1.82, 2.24) is 10.6 Å². The topological polar surface area (TPSA) is 73.5 Å². The molecule has 4 rings (SSSR count). The maximum atomic E-state index is 12.9.